The largest absolute Gasteiger partial charge is 0.459 e. The molecule has 124 valence electrons. The number of ether oxygens (including phenoxy) is 1. The first-order valence-corrected chi connectivity index (χ1v) is 7.97. The molecule has 0 spiro atoms. The van der Waals surface area contributed by atoms with Crippen molar-refractivity contribution in [3.05, 3.63) is 23.7 Å². The minimum atomic E-state index is -0.155. The predicted molar refractivity (Wildman–Crippen MR) is 86.0 cm³/mol. The highest BCUT2D eigenvalue weighted by atomic mass is 16.5. The molecule has 5 heteroatoms. The lowest BCUT2D eigenvalue weighted by atomic mass is 9.94. The van der Waals surface area contributed by atoms with E-state index in [1.165, 1.54) is 6.26 Å². The molecule has 0 bridgehead atoms. The Balaban J connectivity index is 1.68. The van der Waals surface area contributed by atoms with Crippen LogP contribution in [0, 0.1) is 6.92 Å². The molecule has 1 aliphatic heterocycles. The molecule has 0 saturated carbocycles. The molecule has 5 nitrogen and oxygen atoms in total. The van der Waals surface area contributed by atoms with Gasteiger partial charge in [-0.2, -0.15) is 0 Å². The normalized spacial score (nSPS) is 22.7. The second-order valence-corrected chi connectivity index (χ2v) is 7.22. The fraction of sp³-hybridized carbons (Fsp3) is 0.706. The van der Waals surface area contributed by atoms with Crippen molar-refractivity contribution in [2.24, 2.45) is 0 Å². The minimum absolute atomic E-state index is 0.0772. The average Bonchev–Trinajstić information content (AvgIpc) is 2.89. The maximum absolute atomic E-state index is 11.9. The number of hydrogen-bond acceptors (Lipinski definition) is 4. The summed E-state index contributed by atoms with van der Waals surface area (Å²) in [6, 6.07) is 2.13. The molecule has 1 atom stereocenters. The Bertz CT molecular complexity index is 520. The molecule has 1 aliphatic rings. The van der Waals surface area contributed by atoms with Gasteiger partial charge in [0, 0.05) is 18.2 Å². The zero-order chi connectivity index (χ0) is 16.4. The first kappa shape index (κ1) is 17.0. The van der Waals surface area contributed by atoms with E-state index >= 15 is 0 Å². The highest BCUT2D eigenvalue weighted by molar-refractivity contribution is 5.92. The van der Waals surface area contributed by atoms with Crippen molar-refractivity contribution in [1.29, 1.82) is 0 Å². The second kappa shape index (κ2) is 6.42. The topological polar surface area (TPSA) is 63.5 Å². The predicted octanol–water partition coefficient (Wildman–Crippen LogP) is 2.64. The Hall–Kier alpha value is -1.33. The highest BCUT2D eigenvalue weighted by Gasteiger charge is 2.45. The third-order valence-electron chi connectivity index (χ3n) is 4.17. The number of furan rings is 1. The van der Waals surface area contributed by atoms with E-state index in [-0.39, 0.29) is 17.1 Å². The van der Waals surface area contributed by atoms with Crippen molar-refractivity contribution in [2.45, 2.75) is 64.7 Å². The molecule has 0 aromatic carbocycles. The van der Waals surface area contributed by atoms with Crippen LogP contribution in [0.1, 0.15) is 56.7 Å². The molecular weight excluding hydrogens is 280 g/mol. The Morgan fingerprint density at radius 3 is 2.59 bits per heavy atom. The standard InChI is InChI=1S/C17H28N2O3/c1-12-7-10-21-14(12)15(20)19-9-6-8-18-13-11-16(2,3)22-17(13,4)5/h7,10,13,18H,6,8-9,11H2,1-5H3,(H,19,20). The van der Waals surface area contributed by atoms with Crippen LogP contribution in [0.15, 0.2) is 16.7 Å². The summed E-state index contributed by atoms with van der Waals surface area (Å²) in [5, 5.41) is 6.43. The highest BCUT2D eigenvalue weighted by Crippen LogP contribution is 2.37. The summed E-state index contributed by atoms with van der Waals surface area (Å²) < 4.78 is 11.2. The Morgan fingerprint density at radius 2 is 2.05 bits per heavy atom. The van der Waals surface area contributed by atoms with Gasteiger partial charge in [0.05, 0.1) is 17.5 Å². The second-order valence-electron chi connectivity index (χ2n) is 7.22. The van der Waals surface area contributed by atoms with Crippen LogP contribution in [0.3, 0.4) is 0 Å². The molecule has 0 radical (unpaired) electrons. The van der Waals surface area contributed by atoms with Crippen molar-refractivity contribution >= 4 is 5.91 Å². The zero-order valence-corrected chi connectivity index (χ0v) is 14.3. The summed E-state index contributed by atoms with van der Waals surface area (Å²) in [6.45, 7) is 11.9. The van der Waals surface area contributed by atoms with E-state index in [0.717, 1.165) is 24.9 Å². The first-order valence-electron chi connectivity index (χ1n) is 7.97. The number of carbonyl (C=O) groups excluding carboxylic acids is 1. The van der Waals surface area contributed by atoms with Gasteiger partial charge in [-0.05, 0) is 60.1 Å². The summed E-state index contributed by atoms with van der Waals surface area (Å²) in [7, 11) is 0. The van der Waals surface area contributed by atoms with Gasteiger partial charge in [-0.25, -0.2) is 0 Å². The fourth-order valence-electron chi connectivity index (χ4n) is 3.13. The van der Waals surface area contributed by atoms with E-state index in [1.807, 2.05) is 6.92 Å². The van der Waals surface area contributed by atoms with Gasteiger partial charge in [0.2, 0.25) is 0 Å². The number of rotatable bonds is 6. The maximum Gasteiger partial charge on any atom is 0.287 e. The van der Waals surface area contributed by atoms with Crippen molar-refractivity contribution < 1.29 is 13.9 Å². The lowest BCUT2D eigenvalue weighted by Gasteiger charge is -2.27. The third kappa shape index (κ3) is 4.11. The minimum Gasteiger partial charge on any atom is -0.459 e. The van der Waals surface area contributed by atoms with Crippen LogP contribution in [-0.4, -0.2) is 36.2 Å². The molecule has 1 saturated heterocycles. The molecule has 2 rings (SSSR count). The lowest BCUT2D eigenvalue weighted by Crippen LogP contribution is -2.44. The van der Waals surface area contributed by atoms with Crippen molar-refractivity contribution in [3.8, 4) is 0 Å². The van der Waals surface area contributed by atoms with Crippen molar-refractivity contribution in [3.63, 3.8) is 0 Å². The van der Waals surface area contributed by atoms with Gasteiger partial charge in [0.1, 0.15) is 0 Å². The quantitative estimate of drug-likeness (QED) is 0.793. The Kier molecular flexibility index (Phi) is 4.97. The molecule has 1 unspecified atom stereocenters. The van der Waals surface area contributed by atoms with E-state index in [1.54, 1.807) is 6.07 Å². The SMILES string of the molecule is Cc1ccoc1C(=O)NCCCNC1CC(C)(C)OC1(C)C. The van der Waals surface area contributed by atoms with Crippen LogP contribution < -0.4 is 10.6 Å². The van der Waals surface area contributed by atoms with Gasteiger partial charge in [-0.1, -0.05) is 0 Å². The summed E-state index contributed by atoms with van der Waals surface area (Å²) in [6.07, 6.45) is 3.41. The smallest absolute Gasteiger partial charge is 0.287 e. The summed E-state index contributed by atoms with van der Waals surface area (Å²) in [5.41, 5.74) is 0.632. The fourth-order valence-corrected chi connectivity index (χ4v) is 3.13. The molecule has 1 aromatic heterocycles. The van der Waals surface area contributed by atoms with Crippen molar-refractivity contribution in [1.82, 2.24) is 10.6 Å². The third-order valence-corrected chi connectivity index (χ3v) is 4.17. The Labute approximate surface area is 132 Å². The number of hydrogen-bond donors (Lipinski definition) is 2. The van der Waals surface area contributed by atoms with E-state index in [2.05, 4.69) is 38.3 Å². The molecule has 22 heavy (non-hydrogen) atoms. The molecule has 1 amide bonds. The van der Waals surface area contributed by atoms with Crippen LogP contribution in [0.4, 0.5) is 0 Å². The molecule has 1 aromatic rings. The van der Waals surface area contributed by atoms with E-state index in [9.17, 15) is 4.79 Å². The van der Waals surface area contributed by atoms with Gasteiger partial charge >= 0.3 is 0 Å². The van der Waals surface area contributed by atoms with Crippen LogP contribution in [0.25, 0.3) is 0 Å². The van der Waals surface area contributed by atoms with E-state index in [4.69, 9.17) is 9.15 Å². The number of carbonyl (C=O) groups is 1. The van der Waals surface area contributed by atoms with Crippen LogP contribution in [-0.2, 0) is 4.74 Å². The van der Waals surface area contributed by atoms with Gasteiger partial charge in [-0.15, -0.1) is 0 Å². The summed E-state index contributed by atoms with van der Waals surface area (Å²) in [4.78, 5) is 11.9. The van der Waals surface area contributed by atoms with Gasteiger partial charge < -0.3 is 19.8 Å². The van der Waals surface area contributed by atoms with Gasteiger partial charge in [-0.3, -0.25) is 4.79 Å². The lowest BCUT2D eigenvalue weighted by molar-refractivity contribution is -0.0697. The molecule has 1 fully saturated rings. The Morgan fingerprint density at radius 1 is 1.32 bits per heavy atom. The van der Waals surface area contributed by atoms with E-state index in [0.29, 0.717) is 18.3 Å². The van der Waals surface area contributed by atoms with Crippen LogP contribution in [0.5, 0.6) is 0 Å². The maximum atomic E-state index is 11.9. The molecule has 2 N–H and O–H groups in total. The first-order chi connectivity index (χ1) is 10.2. The molecule has 0 aliphatic carbocycles. The summed E-state index contributed by atoms with van der Waals surface area (Å²) in [5.74, 6) is 0.258. The monoisotopic (exact) mass is 308 g/mol. The van der Waals surface area contributed by atoms with Gasteiger partial charge in [0.15, 0.2) is 5.76 Å². The average molecular weight is 308 g/mol. The van der Waals surface area contributed by atoms with E-state index < -0.39 is 0 Å². The van der Waals surface area contributed by atoms with Gasteiger partial charge in [0.25, 0.3) is 5.91 Å². The number of nitrogens with one attached hydrogen (secondary N) is 2. The number of amides is 1. The van der Waals surface area contributed by atoms with Crippen LogP contribution >= 0.6 is 0 Å². The summed E-state index contributed by atoms with van der Waals surface area (Å²) >= 11 is 0. The number of aryl methyl sites for hydroxylation is 1. The zero-order valence-electron chi connectivity index (χ0n) is 14.3. The van der Waals surface area contributed by atoms with Crippen molar-refractivity contribution in [2.75, 3.05) is 13.1 Å². The molecular formula is C17H28N2O3. The molecule has 2 heterocycles. The van der Waals surface area contributed by atoms with Crippen LogP contribution in [0.2, 0.25) is 0 Å².